The average molecular weight is 640 g/mol. The van der Waals surface area contributed by atoms with Gasteiger partial charge in [0.1, 0.15) is 5.75 Å². The number of nitrogens with zero attached hydrogens (tertiary/aromatic N) is 2. The van der Waals surface area contributed by atoms with Crippen molar-refractivity contribution >= 4 is 50.9 Å². The minimum Gasteiger partial charge on any atom is -0.507 e. The molecule has 3 aromatic rings. The van der Waals surface area contributed by atoms with E-state index >= 15 is 0 Å². The third kappa shape index (κ3) is 3.85. The molecule has 4 amide bonds. The molecule has 7 rings (SSSR count). The number of anilines is 2. The van der Waals surface area contributed by atoms with Crippen molar-refractivity contribution in [2.45, 2.75) is 39.5 Å². The lowest BCUT2D eigenvalue weighted by atomic mass is 9.51. The molecule has 0 radical (unpaired) electrons. The molecule has 3 fully saturated rings. The number of carbonyl (C=O) groups excluding carboxylic acids is 4. The van der Waals surface area contributed by atoms with Crippen LogP contribution in [-0.4, -0.2) is 28.7 Å². The van der Waals surface area contributed by atoms with Crippen LogP contribution in [0.3, 0.4) is 0 Å². The van der Waals surface area contributed by atoms with Gasteiger partial charge in [0, 0.05) is 10.4 Å². The van der Waals surface area contributed by atoms with Crippen molar-refractivity contribution in [2.24, 2.45) is 29.1 Å². The van der Waals surface area contributed by atoms with Gasteiger partial charge in [-0.1, -0.05) is 57.9 Å². The van der Waals surface area contributed by atoms with Crippen LogP contribution in [-0.2, 0) is 19.2 Å². The van der Waals surface area contributed by atoms with Crippen LogP contribution in [0.5, 0.6) is 5.75 Å². The summed E-state index contributed by atoms with van der Waals surface area (Å²) in [7, 11) is 0. The van der Waals surface area contributed by atoms with Gasteiger partial charge in [-0.05, 0) is 92.6 Å². The number of phenols is 1. The zero-order chi connectivity index (χ0) is 30.4. The van der Waals surface area contributed by atoms with Gasteiger partial charge in [0.05, 0.1) is 34.5 Å². The molecule has 4 aliphatic rings. The summed E-state index contributed by atoms with van der Waals surface area (Å²) in [5.74, 6) is -3.59. The van der Waals surface area contributed by atoms with Crippen molar-refractivity contribution in [1.82, 2.24) is 0 Å². The maximum atomic E-state index is 14.5. The van der Waals surface area contributed by atoms with Crippen molar-refractivity contribution < 1.29 is 24.3 Å². The maximum absolute atomic E-state index is 14.5. The number of allylic oxidation sites excluding steroid dienone is 2. The largest absolute Gasteiger partial charge is 0.507 e. The molecule has 0 aromatic heterocycles. The Hall–Kier alpha value is -4.04. The second-order valence-electron chi connectivity index (χ2n) is 12.5. The highest BCUT2D eigenvalue weighted by Crippen LogP contribution is 2.64. The van der Waals surface area contributed by atoms with E-state index in [2.05, 4.69) is 22.0 Å². The van der Waals surface area contributed by atoms with Crippen LogP contribution in [0, 0.1) is 42.9 Å². The fourth-order valence-corrected chi connectivity index (χ4v) is 8.48. The Morgan fingerprint density at radius 1 is 0.814 bits per heavy atom. The van der Waals surface area contributed by atoms with Crippen molar-refractivity contribution in [1.29, 1.82) is 0 Å². The van der Waals surface area contributed by atoms with E-state index in [0.29, 0.717) is 35.3 Å². The van der Waals surface area contributed by atoms with Crippen LogP contribution >= 0.6 is 15.9 Å². The SMILES string of the molecule is Cc1cc([C@H]2C3=CC[C@@H]4C(=O)N(c5ccc(Br)cc5)C(=O)[C@@H]4[C@@H]3C[C@H]3C(=O)N(c4ccccc4)C(=O)[C@@]23C)cc(C)c1O. The molecule has 2 heterocycles. The third-order valence-corrected chi connectivity index (χ3v) is 10.7. The lowest BCUT2D eigenvalue weighted by Crippen LogP contribution is -2.49. The van der Waals surface area contributed by atoms with E-state index in [4.69, 9.17) is 0 Å². The smallest absolute Gasteiger partial charge is 0.241 e. The summed E-state index contributed by atoms with van der Waals surface area (Å²) in [5, 5.41) is 10.6. The van der Waals surface area contributed by atoms with Crippen LogP contribution in [0.15, 0.2) is 82.9 Å². The third-order valence-electron chi connectivity index (χ3n) is 10.2. The summed E-state index contributed by atoms with van der Waals surface area (Å²) in [4.78, 5) is 59.2. The number of benzene rings is 3. The molecular weight excluding hydrogens is 608 g/mol. The summed E-state index contributed by atoms with van der Waals surface area (Å²) in [5.41, 5.74) is 3.04. The number of amides is 4. The molecule has 1 saturated carbocycles. The van der Waals surface area contributed by atoms with Gasteiger partial charge >= 0.3 is 0 Å². The number of imide groups is 2. The number of aryl methyl sites for hydroxylation is 2. The molecule has 43 heavy (non-hydrogen) atoms. The van der Waals surface area contributed by atoms with Crippen molar-refractivity contribution in [3.05, 3.63) is 99.5 Å². The standard InChI is InChI=1S/C35H31BrN2O5/c1-18-15-20(16-19(2)30(18)39)29-24-13-14-25-28(33(42)37(31(25)40)23-11-9-21(36)10-12-23)26(24)17-27-32(41)38(34(43)35(27,29)3)22-7-5-4-6-8-22/h4-13,15-16,25-29,39H,14,17H2,1-3H3/t25-,26+,27-,28-,29-,35+/m0/s1. The van der Waals surface area contributed by atoms with Gasteiger partial charge < -0.3 is 5.11 Å². The van der Waals surface area contributed by atoms with E-state index in [1.165, 1.54) is 9.80 Å². The molecule has 2 aliphatic heterocycles. The maximum Gasteiger partial charge on any atom is 0.241 e. The summed E-state index contributed by atoms with van der Waals surface area (Å²) in [6.07, 6.45) is 2.73. The number of hydrogen-bond donors (Lipinski definition) is 1. The Morgan fingerprint density at radius 2 is 1.44 bits per heavy atom. The van der Waals surface area contributed by atoms with Gasteiger partial charge in [0.2, 0.25) is 23.6 Å². The Bertz CT molecular complexity index is 1730. The first-order chi connectivity index (χ1) is 20.5. The van der Waals surface area contributed by atoms with Crippen molar-refractivity contribution in [3.8, 4) is 5.75 Å². The average Bonchev–Trinajstić information content (AvgIpc) is 3.36. The second-order valence-corrected chi connectivity index (χ2v) is 13.4. The van der Waals surface area contributed by atoms with Gasteiger partial charge in [-0.25, -0.2) is 4.90 Å². The van der Waals surface area contributed by atoms with E-state index in [1.54, 1.807) is 48.5 Å². The van der Waals surface area contributed by atoms with Gasteiger partial charge in [-0.2, -0.15) is 0 Å². The van der Waals surface area contributed by atoms with E-state index in [-0.39, 0.29) is 35.3 Å². The van der Waals surface area contributed by atoms with Crippen LogP contribution in [0.1, 0.15) is 42.4 Å². The number of para-hydroxylation sites is 1. The highest BCUT2D eigenvalue weighted by molar-refractivity contribution is 9.10. The molecule has 0 unspecified atom stereocenters. The second kappa shape index (κ2) is 9.74. The number of halogens is 1. The van der Waals surface area contributed by atoms with Crippen molar-refractivity contribution in [3.63, 3.8) is 0 Å². The molecule has 3 aromatic carbocycles. The normalized spacial score (nSPS) is 29.9. The Morgan fingerprint density at radius 3 is 2.09 bits per heavy atom. The number of carbonyl (C=O) groups is 4. The minimum absolute atomic E-state index is 0.192. The number of hydrogen-bond acceptors (Lipinski definition) is 5. The minimum atomic E-state index is -1.12. The number of rotatable bonds is 3. The Balaban J connectivity index is 1.38. The fourth-order valence-electron chi connectivity index (χ4n) is 8.22. The molecule has 2 saturated heterocycles. The summed E-state index contributed by atoms with van der Waals surface area (Å²) in [6, 6.07) is 19.9. The van der Waals surface area contributed by atoms with E-state index in [9.17, 15) is 24.3 Å². The predicted octanol–water partition coefficient (Wildman–Crippen LogP) is 6.21. The summed E-state index contributed by atoms with van der Waals surface area (Å²) in [6.45, 7) is 5.52. The lowest BCUT2D eigenvalue weighted by Gasteiger charge is -2.49. The highest BCUT2D eigenvalue weighted by Gasteiger charge is 2.67. The fraction of sp³-hybridized carbons (Fsp3) is 0.314. The van der Waals surface area contributed by atoms with E-state index < -0.39 is 29.1 Å². The van der Waals surface area contributed by atoms with E-state index in [0.717, 1.165) is 15.6 Å². The summed E-state index contributed by atoms with van der Waals surface area (Å²) < 4.78 is 0.845. The first-order valence-corrected chi connectivity index (χ1v) is 15.4. The molecular formula is C35H31BrN2O5. The van der Waals surface area contributed by atoms with Gasteiger partial charge in [0.15, 0.2) is 0 Å². The molecule has 0 bridgehead atoms. The molecule has 2 aliphatic carbocycles. The van der Waals surface area contributed by atoms with E-state index in [1.807, 2.05) is 39.0 Å². The number of aromatic hydroxyl groups is 1. The molecule has 6 atom stereocenters. The first-order valence-electron chi connectivity index (χ1n) is 14.6. The number of phenolic OH excluding ortho intramolecular Hbond substituents is 1. The highest BCUT2D eigenvalue weighted by atomic mass is 79.9. The monoisotopic (exact) mass is 638 g/mol. The molecule has 1 N–H and O–H groups in total. The zero-order valence-corrected chi connectivity index (χ0v) is 25.7. The van der Waals surface area contributed by atoms with Gasteiger partial charge in [0.25, 0.3) is 0 Å². The topological polar surface area (TPSA) is 95.0 Å². The molecule has 7 nitrogen and oxygen atoms in total. The number of fused-ring (bicyclic) bond motifs is 4. The van der Waals surface area contributed by atoms with Gasteiger partial charge in [-0.15, -0.1) is 0 Å². The van der Waals surface area contributed by atoms with Gasteiger partial charge in [-0.3, -0.25) is 24.1 Å². The lowest BCUT2D eigenvalue weighted by molar-refractivity contribution is -0.131. The first kappa shape index (κ1) is 27.8. The predicted molar refractivity (Wildman–Crippen MR) is 165 cm³/mol. The zero-order valence-electron chi connectivity index (χ0n) is 24.1. The Labute approximate surface area is 258 Å². The molecule has 0 spiro atoms. The van der Waals surface area contributed by atoms with Crippen LogP contribution in [0.2, 0.25) is 0 Å². The van der Waals surface area contributed by atoms with Crippen molar-refractivity contribution in [2.75, 3.05) is 9.80 Å². The van der Waals surface area contributed by atoms with Crippen LogP contribution in [0.25, 0.3) is 0 Å². The van der Waals surface area contributed by atoms with Crippen LogP contribution in [0.4, 0.5) is 11.4 Å². The molecule has 218 valence electrons. The molecule has 8 heteroatoms. The summed E-state index contributed by atoms with van der Waals surface area (Å²) >= 11 is 3.42. The Kier molecular flexibility index (Phi) is 6.29. The quantitative estimate of drug-likeness (QED) is 0.272. The van der Waals surface area contributed by atoms with Crippen LogP contribution < -0.4 is 9.80 Å².